The van der Waals surface area contributed by atoms with Gasteiger partial charge in [-0.15, -0.1) is 0 Å². The predicted octanol–water partition coefficient (Wildman–Crippen LogP) is 0.666. The number of nitrogens with two attached hydrogens (primary N) is 1. The zero-order valence-electron chi connectivity index (χ0n) is 11.0. The topological polar surface area (TPSA) is 49.6 Å². The lowest BCUT2D eigenvalue weighted by Gasteiger charge is -2.39. The minimum atomic E-state index is -0.738. The van der Waals surface area contributed by atoms with E-state index < -0.39 is 5.54 Å². The Balaban J connectivity index is 2.46. The van der Waals surface area contributed by atoms with Crippen LogP contribution >= 0.6 is 0 Å². The zero-order chi connectivity index (χ0) is 12.3. The molecule has 0 aromatic rings. The van der Waals surface area contributed by atoms with Gasteiger partial charge in [0.15, 0.2) is 0 Å². The van der Waals surface area contributed by atoms with Crippen LogP contribution in [0.25, 0.3) is 0 Å². The van der Waals surface area contributed by atoms with Crippen LogP contribution in [0.2, 0.25) is 0 Å². The van der Waals surface area contributed by atoms with Crippen LogP contribution < -0.4 is 5.73 Å². The Kier molecular flexibility index (Phi) is 4.33. The molecule has 0 aromatic carbocycles. The van der Waals surface area contributed by atoms with E-state index in [4.69, 9.17) is 5.73 Å². The van der Waals surface area contributed by atoms with E-state index in [0.29, 0.717) is 6.04 Å². The third kappa shape index (κ3) is 3.19. The maximum absolute atomic E-state index is 11.9. The predicted molar refractivity (Wildman–Crippen MR) is 66.2 cm³/mol. The molecule has 0 aromatic heterocycles. The van der Waals surface area contributed by atoms with Gasteiger partial charge in [-0.05, 0) is 27.2 Å². The first-order chi connectivity index (χ1) is 7.36. The molecule has 2 N–H and O–H groups in total. The molecule has 4 heteroatoms. The summed E-state index contributed by atoms with van der Waals surface area (Å²) in [6, 6.07) is 0.614. The van der Waals surface area contributed by atoms with Gasteiger partial charge < -0.3 is 10.6 Å². The van der Waals surface area contributed by atoms with E-state index in [2.05, 4.69) is 18.7 Å². The van der Waals surface area contributed by atoms with Crippen molar-refractivity contribution < 1.29 is 4.79 Å². The van der Waals surface area contributed by atoms with Gasteiger partial charge in [0.25, 0.3) is 0 Å². The Morgan fingerprint density at radius 2 is 1.81 bits per heavy atom. The average Bonchev–Trinajstić information content (AvgIpc) is 2.26. The van der Waals surface area contributed by atoms with Gasteiger partial charge in [0.05, 0.1) is 5.54 Å². The van der Waals surface area contributed by atoms with E-state index in [-0.39, 0.29) is 5.91 Å². The number of hydrogen-bond donors (Lipinski definition) is 1. The molecule has 1 unspecified atom stereocenters. The van der Waals surface area contributed by atoms with Crippen molar-refractivity contribution in [3.8, 4) is 0 Å². The highest BCUT2D eigenvalue weighted by Crippen LogP contribution is 2.12. The van der Waals surface area contributed by atoms with Crippen molar-refractivity contribution in [3.05, 3.63) is 0 Å². The molecule has 1 amide bonds. The minimum absolute atomic E-state index is 0.0660. The molecule has 1 saturated heterocycles. The first-order valence-electron chi connectivity index (χ1n) is 6.18. The first kappa shape index (κ1) is 13.5. The highest BCUT2D eigenvalue weighted by Gasteiger charge is 2.30. The largest absolute Gasteiger partial charge is 0.339 e. The second-order valence-electron chi connectivity index (χ2n) is 5.31. The molecule has 1 rings (SSSR count). The fourth-order valence-corrected chi connectivity index (χ4v) is 2.03. The van der Waals surface area contributed by atoms with E-state index in [1.807, 2.05) is 4.90 Å². The number of rotatable bonds is 3. The lowest BCUT2D eigenvalue weighted by Crippen LogP contribution is -2.57. The summed E-state index contributed by atoms with van der Waals surface area (Å²) >= 11 is 0. The Labute approximate surface area is 98.8 Å². The number of piperazine rings is 1. The standard InChI is InChI=1S/C12H25N3O/c1-5-10(2)14-6-8-15(9-7-14)11(16)12(3,4)13/h10H,5-9,13H2,1-4H3. The van der Waals surface area contributed by atoms with Gasteiger partial charge in [-0.3, -0.25) is 9.69 Å². The van der Waals surface area contributed by atoms with Crippen LogP contribution in [0.3, 0.4) is 0 Å². The van der Waals surface area contributed by atoms with Gasteiger partial charge >= 0.3 is 0 Å². The van der Waals surface area contributed by atoms with Crippen LogP contribution in [-0.4, -0.2) is 53.5 Å². The Morgan fingerprint density at radius 1 is 1.31 bits per heavy atom. The van der Waals surface area contributed by atoms with E-state index in [1.54, 1.807) is 13.8 Å². The molecule has 94 valence electrons. The molecule has 0 spiro atoms. The van der Waals surface area contributed by atoms with Gasteiger partial charge in [-0.1, -0.05) is 6.92 Å². The first-order valence-corrected chi connectivity index (χ1v) is 6.18. The van der Waals surface area contributed by atoms with E-state index in [1.165, 1.54) is 0 Å². The third-order valence-corrected chi connectivity index (χ3v) is 3.37. The lowest BCUT2D eigenvalue weighted by molar-refractivity contribution is -0.137. The molecule has 0 aliphatic carbocycles. The van der Waals surface area contributed by atoms with E-state index in [0.717, 1.165) is 32.6 Å². The fourth-order valence-electron chi connectivity index (χ4n) is 2.03. The van der Waals surface area contributed by atoms with Gasteiger partial charge in [0, 0.05) is 32.2 Å². The second kappa shape index (κ2) is 5.15. The zero-order valence-corrected chi connectivity index (χ0v) is 11.0. The summed E-state index contributed by atoms with van der Waals surface area (Å²) in [5, 5.41) is 0. The fraction of sp³-hybridized carbons (Fsp3) is 0.917. The maximum Gasteiger partial charge on any atom is 0.242 e. The molecule has 1 atom stereocenters. The maximum atomic E-state index is 11.9. The third-order valence-electron chi connectivity index (χ3n) is 3.37. The summed E-state index contributed by atoms with van der Waals surface area (Å²) in [4.78, 5) is 16.3. The van der Waals surface area contributed by atoms with Crippen molar-refractivity contribution in [1.29, 1.82) is 0 Å². The van der Waals surface area contributed by atoms with Crippen LogP contribution in [0.15, 0.2) is 0 Å². The second-order valence-corrected chi connectivity index (χ2v) is 5.31. The van der Waals surface area contributed by atoms with Crippen LogP contribution in [0.1, 0.15) is 34.1 Å². The molecule has 16 heavy (non-hydrogen) atoms. The Bertz CT molecular complexity index is 239. The van der Waals surface area contributed by atoms with Crippen molar-refractivity contribution in [1.82, 2.24) is 9.80 Å². The summed E-state index contributed by atoms with van der Waals surface area (Å²) in [7, 11) is 0. The molecule has 0 saturated carbocycles. The minimum Gasteiger partial charge on any atom is -0.339 e. The lowest BCUT2D eigenvalue weighted by atomic mass is 10.0. The summed E-state index contributed by atoms with van der Waals surface area (Å²) in [5.41, 5.74) is 5.09. The molecule has 1 heterocycles. The molecule has 1 fully saturated rings. The van der Waals surface area contributed by atoms with Gasteiger partial charge in [0.1, 0.15) is 0 Å². The van der Waals surface area contributed by atoms with Crippen LogP contribution in [0.4, 0.5) is 0 Å². The summed E-state index contributed by atoms with van der Waals surface area (Å²) in [6.45, 7) is 11.5. The van der Waals surface area contributed by atoms with Gasteiger partial charge in [-0.25, -0.2) is 0 Å². The Hall–Kier alpha value is -0.610. The number of amides is 1. The summed E-state index contributed by atoms with van der Waals surface area (Å²) < 4.78 is 0. The van der Waals surface area contributed by atoms with Crippen molar-refractivity contribution in [2.75, 3.05) is 26.2 Å². The van der Waals surface area contributed by atoms with E-state index >= 15 is 0 Å². The van der Waals surface area contributed by atoms with Crippen molar-refractivity contribution >= 4 is 5.91 Å². The number of carbonyl (C=O) groups is 1. The number of hydrogen-bond acceptors (Lipinski definition) is 3. The molecular weight excluding hydrogens is 202 g/mol. The van der Waals surface area contributed by atoms with Crippen molar-refractivity contribution in [2.24, 2.45) is 5.73 Å². The van der Waals surface area contributed by atoms with Crippen molar-refractivity contribution in [3.63, 3.8) is 0 Å². The molecular formula is C12H25N3O. The number of carbonyl (C=O) groups excluding carboxylic acids is 1. The van der Waals surface area contributed by atoms with Crippen LogP contribution in [0.5, 0.6) is 0 Å². The summed E-state index contributed by atoms with van der Waals surface area (Å²) in [6.07, 6.45) is 1.16. The normalized spacial score (nSPS) is 20.9. The van der Waals surface area contributed by atoms with Crippen molar-refractivity contribution in [2.45, 2.75) is 45.7 Å². The molecule has 0 radical (unpaired) electrons. The average molecular weight is 227 g/mol. The molecule has 1 aliphatic rings. The monoisotopic (exact) mass is 227 g/mol. The van der Waals surface area contributed by atoms with E-state index in [9.17, 15) is 4.79 Å². The quantitative estimate of drug-likeness (QED) is 0.771. The summed E-state index contributed by atoms with van der Waals surface area (Å²) in [5.74, 6) is 0.0660. The van der Waals surface area contributed by atoms with Crippen LogP contribution in [0, 0.1) is 0 Å². The van der Waals surface area contributed by atoms with Crippen LogP contribution in [-0.2, 0) is 4.79 Å². The van der Waals surface area contributed by atoms with Gasteiger partial charge in [0.2, 0.25) is 5.91 Å². The SMILES string of the molecule is CCC(C)N1CCN(C(=O)C(C)(C)N)CC1. The highest BCUT2D eigenvalue weighted by molar-refractivity contribution is 5.85. The molecule has 0 bridgehead atoms. The molecule has 4 nitrogen and oxygen atoms in total. The van der Waals surface area contributed by atoms with Gasteiger partial charge in [-0.2, -0.15) is 0 Å². The highest BCUT2D eigenvalue weighted by atomic mass is 16.2. The molecule has 1 aliphatic heterocycles. The number of nitrogens with zero attached hydrogens (tertiary/aromatic N) is 2. The Morgan fingerprint density at radius 3 is 2.19 bits per heavy atom. The smallest absolute Gasteiger partial charge is 0.242 e.